The van der Waals surface area contributed by atoms with Crippen molar-refractivity contribution >= 4 is 5.91 Å². The van der Waals surface area contributed by atoms with Crippen molar-refractivity contribution in [3.05, 3.63) is 41.9 Å². The Kier molecular flexibility index (Phi) is 5.62. The Morgan fingerprint density at radius 3 is 2.79 bits per heavy atom. The van der Waals surface area contributed by atoms with Crippen LogP contribution in [0.15, 0.2) is 35.1 Å². The van der Waals surface area contributed by atoms with Crippen LogP contribution in [0, 0.1) is 5.82 Å². The number of hydrogen-bond acceptors (Lipinski definition) is 3. The van der Waals surface area contributed by atoms with E-state index in [2.05, 4.69) is 10.5 Å². The van der Waals surface area contributed by atoms with E-state index in [1.165, 1.54) is 37.8 Å². The Hall–Kier alpha value is -2.17. The lowest BCUT2D eigenvalue weighted by molar-refractivity contribution is -0.121. The van der Waals surface area contributed by atoms with E-state index >= 15 is 0 Å². The molecule has 0 radical (unpaired) electrons. The molecule has 1 N–H and O–H groups in total. The van der Waals surface area contributed by atoms with Crippen LogP contribution in [0.25, 0.3) is 11.3 Å². The van der Waals surface area contributed by atoms with Crippen LogP contribution in [0.4, 0.5) is 4.39 Å². The molecule has 0 saturated heterocycles. The quantitative estimate of drug-likeness (QED) is 0.834. The number of aromatic nitrogens is 1. The Morgan fingerprint density at radius 2 is 2.04 bits per heavy atom. The topological polar surface area (TPSA) is 55.1 Å². The lowest BCUT2D eigenvalue weighted by Gasteiger charge is -2.16. The number of nitrogens with one attached hydrogen (secondary N) is 1. The molecule has 0 atom stereocenters. The highest BCUT2D eigenvalue weighted by molar-refractivity contribution is 5.77. The second kappa shape index (κ2) is 8.08. The highest BCUT2D eigenvalue weighted by atomic mass is 19.1. The summed E-state index contributed by atoms with van der Waals surface area (Å²) in [5.74, 6) is -0.249. The fraction of sp³-hybridized carbons (Fsp3) is 0.474. The molecule has 1 aliphatic carbocycles. The second-order valence-electron chi connectivity index (χ2n) is 6.45. The highest BCUT2D eigenvalue weighted by Gasteiger charge is 2.16. The largest absolute Gasteiger partial charge is 0.364 e. The van der Waals surface area contributed by atoms with Gasteiger partial charge in [-0.05, 0) is 31.4 Å². The summed E-state index contributed by atoms with van der Waals surface area (Å²) in [6, 6.07) is 6.55. The number of nitrogens with zero attached hydrogens (tertiary/aromatic N) is 1. The maximum atomic E-state index is 13.4. The summed E-state index contributed by atoms with van der Waals surface area (Å²) in [4.78, 5) is 12.2. The number of rotatable bonds is 5. The average molecular weight is 330 g/mol. The Labute approximate surface area is 141 Å². The van der Waals surface area contributed by atoms with Crippen molar-refractivity contribution in [2.75, 3.05) is 0 Å². The molecule has 128 valence electrons. The van der Waals surface area contributed by atoms with Gasteiger partial charge < -0.3 is 9.84 Å². The van der Waals surface area contributed by atoms with Gasteiger partial charge in [-0.25, -0.2) is 4.39 Å². The van der Waals surface area contributed by atoms with Crippen LogP contribution in [0.2, 0.25) is 0 Å². The van der Waals surface area contributed by atoms with E-state index in [1.807, 2.05) is 0 Å². The summed E-state index contributed by atoms with van der Waals surface area (Å²) in [5, 5.41) is 7.10. The summed E-state index contributed by atoms with van der Waals surface area (Å²) in [7, 11) is 0. The molecule has 1 aromatic heterocycles. The van der Waals surface area contributed by atoms with Crippen molar-refractivity contribution < 1.29 is 13.7 Å². The third-order valence-electron chi connectivity index (χ3n) is 4.58. The van der Waals surface area contributed by atoms with Gasteiger partial charge in [0.25, 0.3) is 0 Å². The normalized spacial score (nSPS) is 15.9. The summed E-state index contributed by atoms with van der Waals surface area (Å²) >= 11 is 0. The summed E-state index contributed by atoms with van der Waals surface area (Å²) in [6.45, 7) is 0. The minimum atomic E-state index is -0.312. The zero-order valence-corrected chi connectivity index (χ0v) is 13.8. The van der Waals surface area contributed by atoms with Crippen molar-refractivity contribution in [1.29, 1.82) is 0 Å². The third kappa shape index (κ3) is 4.43. The number of carbonyl (C=O) groups excluding carboxylic acids is 1. The van der Waals surface area contributed by atoms with Crippen molar-refractivity contribution in [3.63, 3.8) is 0 Å². The lowest BCUT2D eigenvalue weighted by atomic mass is 10.0. The van der Waals surface area contributed by atoms with Gasteiger partial charge in [-0.2, -0.15) is 0 Å². The van der Waals surface area contributed by atoms with Crippen molar-refractivity contribution in [2.45, 2.75) is 57.4 Å². The number of benzene rings is 1. The molecule has 1 heterocycles. The Balaban J connectivity index is 1.57. The van der Waals surface area contributed by atoms with E-state index in [-0.39, 0.29) is 11.7 Å². The number of halogens is 1. The lowest BCUT2D eigenvalue weighted by Crippen LogP contribution is -2.34. The van der Waals surface area contributed by atoms with Gasteiger partial charge >= 0.3 is 0 Å². The standard InChI is InChI=1S/C19H23FN2O2/c20-16-7-5-6-14(12-16)19-15(13-24-22-19)10-11-18(23)21-17-8-3-1-2-4-9-17/h5-7,12-13,17H,1-4,8-11H2,(H,21,23). The number of amides is 1. The zero-order chi connectivity index (χ0) is 16.8. The van der Waals surface area contributed by atoms with E-state index < -0.39 is 0 Å². The van der Waals surface area contributed by atoms with Crippen molar-refractivity contribution in [3.8, 4) is 11.3 Å². The van der Waals surface area contributed by atoms with Gasteiger partial charge in [-0.3, -0.25) is 4.79 Å². The molecule has 1 amide bonds. The van der Waals surface area contributed by atoms with Gasteiger partial charge in [0, 0.05) is 23.6 Å². The van der Waals surface area contributed by atoms with Gasteiger partial charge in [0.1, 0.15) is 17.8 Å². The van der Waals surface area contributed by atoms with Crippen LogP contribution in [0.5, 0.6) is 0 Å². The van der Waals surface area contributed by atoms with E-state index in [0.717, 1.165) is 18.4 Å². The highest BCUT2D eigenvalue weighted by Crippen LogP contribution is 2.24. The van der Waals surface area contributed by atoms with Crippen LogP contribution in [-0.2, 0) is 11.2 Å². The number of aryl methyl sites for hydroxylation is 1. The molecule has 0 aliphatic heterocycles. The van der Waals surface area contributed by atoms with Crippen molar-refractivity contribution in [2.24, 2.45) is 0 Å². The molecular formula is C19H23FN2O2. The van der Waals surface area contributed by atoms with Crippen LogP contribution in [0.3, 0.4) is 0 Å². The first-order chi connectivity index (χ1) is 11.7. The van der Waals surface area contributed by atoms with Crippen LogP contribution >= 0.6 is 0 Å². The fourth-order valence-electron chi connectivity index (χ4n) is 3.28. The molecule has 1 aliphatic rings. The van der Waals surface area contributed by atoms with Crippen LogP contribution in [0.1, 0.15) is 50.5 Å². The van der Waals surface area contributed by atoms with Crippen molar-refractivity contribution in [1.82, 2.24) is 10.5 Å². The van der Waals surface area contributed by atoms with Gasteiger partial charge in [0.15, 0.2) is 0 Å². The Morgan fingerprint density at radius 1 is 1.25 bits per heavy atom. The van der Waals surface area contributed by atoms with E-state index in [1.54, 1.807) is 18.4 Å². The molecule has 0 spiro atoms. The maximum absolute atomic E-state index is 13.4. The second-order valence-corrected chi connectivity index (χ2v) is 6.45. The number of hydrogen-bond donors (Lipinski definition) is 1. The van der Waals surface area contributed by atoms with E-state index in [4.69, 9.17) is 4.52 Å². The average Bonchev–Trinajstić information content (AvgIpc) is 2.90. The van der Waals surface area contributed by atoms with Gasteiger partial charge in [0.05, 0.1) is 0 Å². The van der Waals surface area contributed by atoms with Gasteiger partial charge in [-0.15, -0.1) is 0 Å². The van der Waals surface area contributed by atoms with E-state index in [9.17, 15) is 9.18 Å². The molecule has 1 saturated carbocycles. The van der Waals surface area contributed by atoms with Crippen LogP contribution < -0.4 is 5.32 Å². The zero-order valence-electron chi connectivity index (χ0n) is 13.8. The van der Waals surface area contributed by atoms with Gasteiger partial charge in [-0.1, -0.05) is 43.0 Å². The third-order valence-corrected chi connectivity index (χ3v) is 4.58. The molecule has 0 bridgehead atoms. The van der Waals surface area contributed by atoms with Crippen LogP contribution in [-0.4, -0.2) is 17.1 Å². The SMILES string of the molecule is O=C(CCc1conc1-c1cccc(F)c1)NC1CCCCCC1. The predicted molar refractivity (Wildman–Crippen MR) is 89.9 cm³/mol. The monoisotopic (exact) mass is 330 g/mol. The minimum absolute atomic E-state index is 0.0632. The summed E-state index contributed by atoms with van der Waals surface area (Å²) in [6.07, 6.45) is 9.54. The van der Waals surface area contributed by atoms with E-state index in [0.29, 0.717) is 30.1 Å². The first-order valence-electron chi connectivity index (χ1n) is 8.71. The number of carbonyl (C=O) groups is 1. The first-order valence-corrected chi connectivity index (χ1v) is 8.71. The molecule has 4 nitrogen and oxygen atoms in total. The maximum Gasteiger partial charge on any atom is 0.220 e. The summed E-state index contributed by atoms with van der Waals surface area (Å²) in [5.41, 5.74) is 2.11. The minimum Gasteiger partial charge on any atom is -0.364 e. The predicted octanol–water partition coefficient (Wildman–Crippen LogP) is 4.25. The smallest absolute Gasteiger partial charge is 0.220 e. The van der Waals surface area contributed by atoms with Gasteiger partial charge in [0.2, 0.25) is 5.91 Å². The summed E-state index contributed by atoms with van der Waals surface area (Å²) < 4.78 is 18.4. The molecule has 5 heteroatoms. The molecule has 0 unspecified atom stereocenters. The molecular weight excluding hydrogens is 307 g/mol. The first kappa shape index (κ1) is 16.7. The molecule has 3 rings (SSSR count). The molecule has 1 aromatic carbocycles. The molecule has 1 fully saturated rings. The molecule has 2 aromatic rings. The Bertz CT molecular complexity index is 676. The molecule has 24 heavy (non-hydrogen) atoms. The fourth-order valence-corrected chi connectivity index (χ4v) is 3.28.